The number of aliphatic hydroxyl groups excluding tert-OH is 1. The van der Waals surface area contributed by atoms with Gasteiger partial charge in [-0.25, -0.2) is 9.13 Å². The predicted octanol–water partition coefficient (Wildman–Crippen LogP) is 23.5. The quantitative estimate of drug-likeness (QED) is 0.0222. The van der Waals surface area contributed by atoms with Crippen molar-refractivity contribution in [1.82, 2.24) is 0 Å². The van der Waals surface area contributed by atoms with E-state index in [0.717, 1.165) is 108 Å². The Kier molecular flexibility index (Phi) is 69.3. The minimum absolute atomic E-state index is 0.105. The molecule has 2 unspecified atom stereocenters. The first-order valence-corrected chi connectivity index (χ1v) is 44.0. The number of carbonyl (C=O) groups excluding carboxylic acids is 4. The Morgan fingerprint density at radius 2 is 0.469 bits per heavy atom. The highest BCUT2D eigenvalue weighted by molar-refractivity contribution is 7.47. The van der Waals surface area contributed by atoms with E-state index in [1.807, 2.05) is 0 Å². The molecule has 0 fully saturated rings. The van der Waals surface area contributed by atoms with Crippen LogP contribution in [0, 0.1) is 11.8 Å². The number of hydrogen-bond acceptors (Lipinski definition) is 15. The van der Waals surface area contributed by atoms with Crippen molar-refractivity contribution in [3.63, 3.8) is 0 Å². The first-order chi connectivity index (χ1) is 47.4. The summed E-state index contributed by atoms with van der Waals surface area (Å²) in [6.45, 7) is 9.58. The summed E-state index contributed by atoms with van der Waals surface area (Å²) in [6, 6.07) is 0. The van der Waals surface area contributed by atoms with Gasteiger partial charge in [0.2, 0.25) is 0 Å². The molecule has 0 heterocycles. The minimum Gasteiger partial charge on any atom is -0.462 e. The molecule has 0 radical (unpaired) electrons. The van der Waals surface area contributed by atoms with Gasteiger partial charge in [-0.15, -0.1) is 0 Å². The lowest BCUT2D eigenvalue weighted by Crippen LogP contribution is -2.30. The lowest BCUT2D eigenvalue weighted by atomic mass is 10.0. The number of hydrogen-bond donors (Lipinski definition) is 3. The molecule has 0 bridgehead atoms. The standard InChI is InChI=1S/C79H154O17P2/c1-7-9-11-13-15-17-18-19-20-21-25-28-31-34-37-44-50-56-62-77(82)90-68-75(95-78(83)63-57-51-45-38-35-32-29-26-23-22-24-27-30-33-36-41-47-53-59-71(3)4)70-94-98(87,88)92-66-73(80)65-91-97(85,86)93-69-74(67-89-76(81)61-55-49-43-16-14-12-10-8-2)96-79(84)64-58-52-46-40-39-42-48-54-60-72(5)6/h71-75,80H,7-70H2,1-6H3,(H,85,86)(H,87,88)/t73-,74+,75+/m0/s1. The van der Waals surface area contributed by atoms with Crippen molar-refractivity contribution in [2.75, 3.05) is 39.6 Å². The summed E-state index contributed by atoms with van der Waals surface area (Å²) >= 11 is 0. The van der Waals surface area contributed by atoms with Crippen LogP contribution in [0.15, 0.2) is 0 Å². The highest BCUT2D eigenvalue weighted by atomic mass is 31.2. The monoisotopic (exact) mass is 1440 g/mol. The van der Waals surface area contributed by atoms with Gasteiger partial charge >= 0.3 is 39.5 Å². The molecule has 0 aromatic rings. The molecule has 0 aromatic heterocycles. The van der Waals surface area contributed by atoms with Crippen molar-refractivity contribution < 1.29 is 80.2 Å². The fourth-order valence-corrected chi connectivity index (χ4v) is 13.8. The van der Waals surface area contributed by atoms with Gasteiger partial charge in [-0.1, -0.05) is 363 Å². The number of carbonyl (C=O) groups is 4. The molecule has 0 saturated carbocycles. The Bertz CT molecular complexity index is 1890. The van der Waals surface area contributed by atoms with E-state index in [4.69, 9.17) is 37.0 Å². The molecule has 0 amide bonds. The molecule has 582 valence electrons. The fraction of sp³-hybridized carbons (Fsp3) is 0.949. The SMILES string of the molecule is CCCCCCCCCCCCCCCCCCCCC(=O)OC[C@H](COP(=O)(O)OC[C@@H](O)COP(=O)(O)OC[C@@H](COC(=O)CCCCCCCCCC)OC(=O)CCCCCCCCCCC(C)C)OC(=O)CCCCCCCCCCCCCCCCCCCCC(C)C. The normalized spacial score (nSPS) is 13.9. The molecule has 0 aliphatic heterocycles. The number of aliphatic hydroxyl groups is 1. The van der Waals surface area contributed by atoms with Gasteiger partial charge < -0.3 is 33.8 Å². The van der Waals surface area contributed by atoms with Gasteiger partial charge in [-0.3, -0.25) is 37.3 Å². The van der Waals surface area contributed by atoms with E-state index in [-0.39, 0.29) is 25.7 Å². The van der Waals surface area contributed by atoms with Gasteiger partial charge in [0.1, 0.15) is 19.3 Å². The van der Waals surface area contributed by atoms with Gasteiger partial charge in [0, 0.05) is 25.7 Å². The summed E-state index contributed by atoms with van der Waals surface area (Å²) in [4.78, 5) is 72.8. The Labute approximate surface area is 600 Å². The number of phosphoric ester groups is 2. The Hall–Kier alpha value is -1.94. The highest BCUT2D eigenvalue weighted by Crippen LogP contribution is 2.45. The smallest absolute Gasteiger partial charge is 0.462 e. The largest absolute Gasteiger partial charge is 0.472 e. The summed E-state index contributed by atoms with van der Waals surface area (Å²) in [6.07, 6.45) is 59.9. The number of unbranched alkanes of at least 4 members (excludes halogenated alkanes) is 48. The fourth-order valence-electron chi connectivity index (χ4n) is 12.2. The minimum atomic E-state index is -4.96. The second-order valence-corrected chi connectivity index (χ2v) is 32.3. The maximum Gasteiger partial charge on any atom is 0.472 e. The molecule has 0 aliphatic carbocycles. The maximum atomic E-state index is 13.1. The van der Waals surface area contributed by atoms with E-state index >= 15 is 0 Å². The van der Waals surface area contributed by atoms with Crippen LogP contribution in [0.25, 0.3) is 0 Å². The molecule has 17 nitrogen and oxygen atoms in total. The van der Waals surface area contributed by atoms with Crippen molar-refractivity contribution in [2.45, 2.75) is 432 Å². The summed E-state index contributed by atoms with van der Waals surface area (Å²) in [5.74, 6) is -0.578. The summed E-state index contributed by atoms with van der Waals surface area (Å²) < 4.78 is 68.5. The van der Waals surface area contributed by atoms with E-state index in [9.17, 15) is 43.2 Å². The maximum absolute atomic E-state index is 13.1. The molecule has 0 saturated heterocycles. The van der Waals surface area contributed by atoms with E-state index in [1.54, 1.807) is 0 Å². The van der Waals surface area contributed by atoms with E-state index in [1.165, 1.54) is 225 Å². The van der Waals surface area contributed by atoms with Crippen molar-refractivity contribution in [3.05, 3.63) is 0 Å². The molecule has 3 N–H and O–H groups in total. The van der Waals surface area contributed by atoms with Gasteiger partial charge in [-0.2, -0.15) is 0 Å². The molecular formula is C79H154O17P2. The van der Waals surface area contributed by atoms with Crippen molar-refractivity contribution in [3.8, 4) is 0 Å². The van der Waals surface area contributed by atoms with Crippen molar-refractivity contribution >= 4 is 39.5 Å². The van der Waals surface area contributed by atoms with Gasteiger partial charge in [0.25, 0.3) is 0 Å². The van der Waals surface area contributed by atoms with Crippen LogP contribution in [-0.2, 0) is 65.4 Å². The van der Waals surface area contributed by atoms with Gasteiger partial charge in [0.05, 0.1) is 26.4 Å². The average Bonchev–Trinajstić information content (AvgIpc) is 1.18. The van der Waals surface area contributed by atoms with E-state index in [0.29, 0.717) is 25.7 Å². The van der Waals surface area contributed by atoms with Crippen LogP contribution in [-0.4, -0.2) is 96.7 Å². The third kappa shape index (κ3) is 72.4. The van der Waals surface area contributed by atoms with E-state index < -0.39 is 97.5 Å². The van der Waals surface area contributed by atoms with Crippen LogP contribution in [0.1, 0.15) is 414 Å². The molecule has 0 spiro atoms. The van der Waals surface area contributed by atoms with Crippen LogP contribution < -0.4 is 0 Å². The molecule has 0 aliphatic rings. The molecule has 19 heteroatoms. The lowest BCUT2D eigenvalue weighted by Gasteiger charge is -2.21. The number of phosphoric acid groups is 2. The Balaban J connectivity index is 5.17. The number of ether oxygens (including phenoxy) is 4. The predicted molar refractivity (Wildman–Crippen MR) is 400 cm³/mol. The van der Waals surface area contributed by atoms with Crippen LogP contribution in [0.4, 0.5) is 0 Å². The van der Waals surface area contributed by atoms with Crippen LogP contribution >= 0.6 is 15.6 Å². The lowest BCUT2D eigenvalue weighted by molar-refractivity contribution is -0.161. The zero-order valence-corrected chi connectivity index (χ0v) is 65.9. The van der Waals surface area contributed by atoms with Crippen molar-refractivity contribution in [1.29, 1.82) is 0 Å². The second kappa shape index (κ2) is 70.7. The average molecular weight is 1440 g/mol. The van der Waals surface area contributed by atoms with Gasteiger partial charge in [0.15, 0.2) is 12.2 Å². The molecule has 0 rings (SSSR count). The Morgan fingerprint density at radius 1 is 0.276 bits per heavy atom. The van der Waals surface area contributed by atoms with Crippen molar-refractivity contribution in [2.24, 2.45) is 11.8 Å². The first kappa shape index (κ1) is 96.1. The molecule has 5 atom stereocenters. The summed E-state index contributed by atoms with van der Waals surface area (Å²) in [5.41, 5.74) is 0. The van der Waals surface area contributed by atoms with Crippen LogP contribution in [0.5, 0.6) is 0 Å². The zero-order valence-electron chi connectivity index (χ0n) is 64.1. The topological polar surface area (TPSA) is 237 Å². The van der Waals surface area contributed by atoms with E-state index in [2.05, 4.69) is 41.5 Å². The molecule has 0 aromatic carbocycles. The van der Waals surface area contributed by atoms with Gasteiger partial charge in [-0.05, 0) is 37.5 Å². The Morgan fingerprint density at radius 3 is 0.694 bits per heavy atom. The zero-order chi connectivity index (χ0) is 72.1. The molecular weight excluding hydrogens is 1280 g/mol. The summed E-state index contributed by atoms with van der Waals surface area (Å²) in [7, 11) is -9.91. The third-order valence-electron chi connectivity index (χ3n) is 18.5. The first-order valence-electron chi connectivity index (χ1n) is 41.0. The number of esters is 4. The summed E-state index contributed by atoms with van der Waals surface area (Å²) in [5, 5.41) is 10.6. The van der Waals surface area contributed by atoms with Crippen LogP contribution in [0.2, 0.25) is 0 Å². The second-order valence-electron chi connectivity index (χ2n) is 29.4. The highest BCUT2D eigenvalue weighted by Gasteiger charge is 2.30. The third-order valence-corrected chi connectivity index (χ3v) is 20.4. The molecule has 98 heavy (non-hydrogen) atoms. The number of rotatable bonds is 78. The van der Waals surface area contributed by atoms with Crippen LogP contribution in [0.3, 0.4) is 0 Å².